The van der Waals surface area contributed by atoms with Crippen molar-refractivity contribution in [3.05, 3.63) is 65.2 Å². The molecule has 0 atom stereocenters. The molecule has 0 radical (unpaired) electrons. The van der Waals surface area contributed by atoms with Crippen LogP contribution in [0.5, 0.6) is 5.75 Å². The first-order valence-corrected chi connectivity index (χ1v) is 7.35. The summed E-state index contributed by atoms with van der Waals surface area (Å²) in [4.78, 5) is 0. The predicted molar refractivity (Wildman–Crippen MR) is 82.6 cm³/mol. The largest absolute Gasteiger partial charge is 0.486 e. The van der Waals surface area contributed by atoms with Crippen LogP contribution in [0.3, 0.4) is 0 Å². The molecule has 0 fully saturated rings. The van der Waals surface area contributed by atoms with Crippen molar-refractivity contribution in [2.45, 2.75) is 20.0 Å². The summed E-state index contributed by atoms with van der Waals surface area (Å²) in [6, 6.07) is 4.48. The molecule has 0 saturated carbocycles. The van der Waals surface area contributed by atoms with Crippen molar-refractivity contribution >= 4 is 0 Å². The molecule has 1 N–H and O–H groups in total. The van der Waals surface area contributed by atoms with Crippen LogP contribution in [0, 0.1) is 23.3 Å². The monoisotopic (exact) mass is 340 g/mol. The van der Waals surface area contributed by atoms with E-state index in [4.69, 9.17) is 9.84 Å². The van der Waals surface area contributed by atoms with E-state index in [-0.39, 0.29) is 17.9 Å². The number of ether oxygens (including phenoxy) is 1. The maximum Gasteiger partial charge on any atom is 0.201 e. The molecule has 0 aliphatic carbocycles. The van der Waals surface area contributed by atoms with E-state index in [1.807, 2.05) is 13.0 Å². The Balaban J connectivity index is 2.38. The highest BCUT2D eigenvalue weighted by Crippen LogP contribution is 2.32. The molecule has 0 saturated heterocycles. The number of hydrogen-bond donors (Lipinski definition) is 1. The van der Waals surface area contributed by atoms with Crippen molar-refractivity contribution in [3.63, 3.8) is 0 Å². The van der Waals surface area contributed by atoms with Crippen LogP contribution in [-0.2, 0) is 6.61 Å². The maximum absolute atomic E-state index is 14.2. The lowest BCUT2D eigenvalue weighted by Gasteiger charge is -2.11. The van der Waals surface area contributed by atoms with Gasteiger partial charge in [-0.15, -0.1) is 0 Å². The van der Waals surface area contributed by atoms with Gasteiger partial charge in [-0.2, -0.15) is 4.39 Å². The molecule has 0 aliphatic heterocycles. The van der Waals surface area contributed by atoms with Gasteiger partial charge in [-0.3, -0.25) is 0 Å². The Kier molecular flexibility index (Phi) is 5.98. The number of allylic oxidation sites excluding steroid dienone is 1. The van der Waals surface area contributed by atoms with E-state index in [0.29, 0.717) is 0 Å². The standard InChI is InChI=1S/C18H16F4O2/c1-2-3-4-9-24-14-8-7-13(17(21)18(14)22)12-6-5-11(10-23)15(19)16(12)20/h3-8,23H,2,9-10H2,1H3. The molecular formula is C18H16F4O2. The Morgan fingerprint density at radius 1 is 0.875 bits per heavy atom. The van der Waals surface area contributed by atoms with Crippen LogP contribution in [0.25, 0.3) is 11.1 Å². The van der Waals surface area contributed by atoms with Crippen LogP contribution < -0.4 is 4.74 Å². The molecule has 2 aromatic rings. The highest BCUT2D eigenvalue weighted by molar-refractivity contribution is 5.66. The van der Waals surface area contributed by atoms with E-state index >= 15 is 0 Å². The molecule has 0 unspecified atom stereocenters. The second-order valence-electron chi connectivity index (χ2n) is 4.99. The third kappa shape index (κ3) is 3.59. The maximum atomic E-state index is 14.2. The van der Waals surface area contributed by atoms with Crippen molar-refractivity contribution in [2.24, 2.45) is 0 Å². The average molecular weight is 340 g/mol. The Hall–Kier alpha value is -2.34. The van der Waals surface area contributed by atoms with Crippen molar-refractivity contribution in [3.8, 4) is 16.9 Å². The fourth-order valence-electron chi connectivity index (χ4n) is 2.14. The molecule has 0 aromatic heterocycles. The van der Waals surface area contributed by atoms with Gasteiger partial charge in [0, 0.05) is 16.7 Å². The van der Waals surface area contributed by atoms with E-state index in [1.165, 1.54) is 0 Å². The van der Waals surface area contributed by atoms with Crippen LogP contribution in [-0.4, -0.2) is 11.7 Å². The van der Waals surface area contributed by atoms with Crippen molar-refractivity contribution in [1.82, 2.24) is 0 Å². The van der Waals surface area contributed by atoms with E-state index in [1.54, 1.807) is 6.08 Å². The molecule has 2 rings (SSSR count). The minimum Gasteiger partial charge on any atom is -0.486 e. The Bertz CT molecular complexity index is 757. The fraction of sp³-hybridized carbons (Fsp3) is 0.222. The van der Waals surface area contributed by atoms with Crippen molar-refractivity contribution in [1.29, 1.82) is 0 Å². The Morgan fingerprint density at radius 2 is 1.50 bits per heavy atom. The molecule has 0 heterocycles. The van der Waals surface area contributed by atoms with Crippen LogP contribution in [0.15, 0.2) is 36.4 Å². The predicted octanol–water partition coefficient (Wildman–Crippen LogP) is 4.75. The normalized spacial score (nSPS) is 11.2. The molecule has 0 bridgehead atoms. The van der Waals surface area contributed by atoms with Crippen LogP contribution in [0.1, 0.15) is 18.9 Å². The average Bonchev–Trinajstić information content (AvgIpc) is 2.58. The van der Waals surface area contributed by atoms with E-state index in [9.17, 15) is 17.6 Å². The highest BCUT2D eigenvalue weighted by Gasteiger charge is 2.21. The van der Waals surface area contributed by atoms with Gasteiger partial charge in [0.15, 0.2) is 23.2 Å². The molecule has 0 spiro atoms. The van der Waals surface area contributed by atoms with E-state index < -0.39 is 41.0 Å². The highest BCUT2D eigenvalue weighted by atomic mass is 19.2. The van der Waals surface area contributed by atoms with Gasteiger partial charge in [0.25, 0.3) is 0 Å². The van der Waals surface area contributed by atoms with Crippen molar-refractivity contribution < 1.29 is 27.4 Å². The van der Waals surface area contributed by atoms with Gasteiger partial charge >= 0.3 is 0 Å². The minimum atomic E-state index is -1.35. The second kappa shape index (κ2) is 7.97. The Morgan fingerprint density at radius 3 is 2.12 bits per heavy atom. The molecule has 0 amide bonds. The van der Waals surface area contributed by atoms with Crippen molar-refractivity contribution in [2.75, 3.05) is 6.61 Å². The number of halogens is 4. The summed E-state index contributed by atoms with van der Waals surface area (Å²) in [5.41, 5.74) is -1.12. The first-order chi connectivity index (χ1) is 11.5. The van der Waals surface area contributed by atoms with E-state index in [0.717, 1.165) is 30.7 Å². The summed E-state index contributed by atoms with van der Waals surface area (Å²) in [7, 11) is 0. The number of hydrogen-bond acceptors (Lipinski definition) is 2. The third-order valence-electron chi connectivity index (χ3n) is 3.41. The van der Waals surface area contributed by atoms with Gasteiger partial charge < -0.3 is 9.84 Å². The zero-order chi connectivity index (χ0) is 17.7. The number of rotatable bonds is 6. The SMILES string of the molecule is CCC=CCOc1ccc(-c2ccc(CO)c(F)c2F)c(F)c1F. The molecule has 2 aromatic carbocycles. The van der Waals surface area contributed by atoms with Gasteiger partial charge in [0.1, 0.15) is 6.61 Å². The number of benzene rings is 2. The summed E-state index contributed by atoms with van der Waals surface area (Å²) in [6.07, 6.45) is 4.26. The van der Waals surface area contributed by atoms with Crippen LogP contribution in [0.2, 0.25) is 0 Å². The van der Waals surface area contributed by atoms with Gasteiger partial charge in [0.05, 0.1) is 6.61 Å². The first-order valence-electron chi connectivity index (χ1n) is 7.35. The van der Waals surface area contributed by atoms with Crippen LogP contribution >= 0.6 is 0 Å². The summed E-state index contributed by atoms with van der Waals surface area (Å²) in [6.45, 7) is 1.29. The lowest BCUT2D eigenvalue weighted by atomic mass is 10.0. The fourth-order valence-corrected chi connectivity index (χ4v) is 2.14. The lowest BCUT2D eigenvalue weighted by molar-refractivity contribution is 0.273. The molecule has 6 heteroatoms. The number of aliphatic hydroxyl groups is 1. The molecule has 0 aliphatic rings. The van der Waals surface area contributed by atoms with Gasteiger partial charge in [-0.25, -0.2) is 13.2 Å². The molecule has 128 valence electrons. The summed E-state index contributed by atoms with van der Waals surface area (Å²) in [5, 5.41) is 8.90. The topological polar surface area (TPSA) is 29.5 Å². The second-order valence-corrected chi connectivity index (χ2v) is 4.99. The lowest BCUT2D eigenvalue weighted by Crippen LogP contribution is -2.02. The zero-order valence-corrected chi connectivity index (χ0v) is 13.0. The minimum absolute atomic E-state index is 0.0672. The van der Waals surface area contributed by atoms with Gasteiger partial charge in [-0.05, 0) is 18.6 Å². The summed E-state index contributed by atoms with van der Waals surface area (Å²) >= 11 is 0. The van der Waals surface area contributed by atoms with Gasteiger partial charge in [-0.1, -0.05) is 31.2 Å². The third-order valence-corrected chi connectivity index (χ3v) is 3.41. The quantitative estimate of drug-likeness (QED) is 0.607. The zero-order valence-electron chi connectivity index (χ0n) is 13.0. The summed E-state index contributed by atoms with van der Waals surface area (Å²) in [5.74, 6) is -5.56. The number of aliphatic hydroxyl groups excluding tert-OH is 1. The van der Waals surface area contributed by atoms with Crippen LogP contribution in [0.4, 0.5) is 17.6 Å². The molecule has 2 nitrogen and oxygen atoms in total. The Labute approximate surface area is 137 Å². The molecular weight excluding hydrogens is 324 g/mol. The van der Waals surface area contributed by atoms with Gasteiger partial charge in [0.2, 0.25) is 5.82 Å². The van der Waals surface area contributed by atoms with E-state index in [2.05, 4.69) is 0 Å². The smallest absolute Gasteiger partial charge is 0.201 e. The molecule has 24 heavy (non-hydrogen) atoms. The summed E-state index contributed by atoms with van der Waals surface area (Å²) < 4.78 is 61.1. The first kappa shape index (κ1) is 18.0.